The second-order valence-electron chi connectivity index (χ2n) is 4.41. The van der Waals surface area contributed by atoms with Crippen molar-refractivity contribution < 1.29 is 24.7 Å². The van der Waals surface area contributed by atoms with Crippen LogP contribution in [0.1, 0.15) is 12.5 Å². The van der Waals surface area contributed by atoms with Crippen LogP contribution in [0.15, 0.2) is 30.4 Å². The first-order valence-electron chi connectivity index (χ1n) is 6.51. The molecule has 0 bridgehead atoms. The van der Waals surface area contributed by atoms with E-state index < -0.39 is 11.9 Å². The zero-order chi connectivity index (χ0) is 16.7. The summed E-state index contributed by atoms with van der Waals surface area (Å²) < 4.78 is 0. The monoisotopic (exact) mass is 325 g/mol. The van der Waals surface area contributed by atoms with E-state index >= 15 is 0 Å². The summed E-state index contributed by atoms with van der Waals surface area (Å²) in [5.41, 5.74) is 2.43. The number of hydrogen-bond donors (Lipinski definition) is 3. The Labute approximate surface area is 132 Å². The maximum atomic E-state index is 10.6. The highest BCUT2D eigenvalue weighted by Crippen LogP contribution is 2.31. The Hall–Kier alpha value is -2.94. The van der Waals surface area contributed by atoms with E-state index in [1.165, 1.54) is 5.56 Å². The van der Waals surface area contributed by atoms with Crippen LogP contribution in [0.2, 0.25) is 0 Å². The molecule has 1 heterocycles. The van der Waals surface area contributed by atoms with Crippen LogP contribution in [-0.2, 0) is 16.0 Å². The predicted molar refractivity (Wildman–Crippen MR) is 84.1 cm³/mol. The lowest BCUT2D eigenvalue weighted by Crippen LogP contribution is -2.19. The van der Waals surface area contributed by atoms with Gasteiger partial charge in [-0.05, 0) is 18.9 Å². The van der Waals surface area contributed by atoms with E-state index in [0.29, 0.717) is 12.2 Å². The molecule has 5 N–H and O–H groups in total. The van der Waals surface area contributed by atoms with Crippen LogP contribution >= 0.6 is 0 Å². The minimum absolute atomic E-state index is 0. The van der Waals surface area contributed by atoms with Gasteiger partial charge in [0.05, 0.1) is 4.92 Å². The Kier molecular flexibility index (Phi) is 7.98. The van der Waals surface area contributed by atoms with Gasteiger partial charge in [-0.15, -0.1) is 0 Å². The van der Waals surface area contributed by atoms with Gasteiger partial charge in [0.2, 0.25) is 0 Å². The predicted octanol–water partition coefficient (Wildman–Crippen LogP) is 1.85. The maximum absolute atomic E-state index is 10.6. The molecule has 0 saturated carbocycles. The van der Waals surface area contributed by atoms with Crippen LogP contribution in [0, 0.1) is 10.1 Å². The molecule has 0 amide bonds. The standard InChI is InChI=1S/C10H12N2O2.C4H4O4.H3N/c1-2-11-6-5-8-3-4-9(12(13)14)7-10(8)11;5-3(6)1-2-4(7)8;/h3-4,7H,2,5-6H2,1H3;1-2H,(H,5,6)(H,7,8);1H3. The third kappa shape index (κ3) is 6.14. The third-order valence-corrected chi connectivity index (χ3v) is 3.02. The number of carboxylic acids is 2. The molecule has 0 saturated heterocycles. The SMILES string of the molecule is CCN1CCc2ccc([N+](=O)[O-])cc21.N.O=C(O)C=CC(=O)O. The summed E-state index contributed by atoms with van der Waals surface area (Å²) in [6.07, 6.45) is 2.12. The molecular weight excluding hydrogens is 306 g/mol. The number of nitro groups is 1. The van der Waals surface area contributed by atoms with Crippen LogP contribution in [0.5, 0.6) is 0 Å². The average Bonchev–Trinajstić information content (AvgIpc) is 2.87. The Morgan fingerprint density at radius 1 is 1.30 bits per heavy atom. The molecule has 1 aromatic carbocycles. The fraction of sp³-hybridized carbons (Fsp3) is 0.286. The molecule has 1 aliphatic rings. The maximum Gasteiger partial charge on any atom is 0.328 e. The molecule has 0 radical (unpaired) electrons. The molecule has 0 fully saturated rings. The van der Waals surface area contributed by atoms with E-state index in [4.69, 9.17) is 10.2 Å². The molecule has 0 spiro atoms. The van der Waals surface area contributed by atoms with E-state index in [1.807, 2.05) is 6.07 Å². The number of rotatable bonds is 4. The molecule has 23 heavy (non-hydrogen) atoms. The summed E-state index contributed by atoms with van der Waals surface area (Å²) in [6.45, 7) is 3.95. The number of non-ortho nitro benzene ring substituents is 1. The fourth-order valence-corrected chi connectivity index (χ4v) is 2.02. The van der Waals surface area contributed by atoms with Crippen LogP contribution in [-0.4, -0.2) is 40.2 Å². The topological polar surface area (TPSA) is 156 Å². The molecule has 9 nitrogen and oxygen atoms in total. The van der Waals surface area contributed by atoms with E-state index in [0.717, 1.165) is 25.2 Å². The number of carboxylic acid groups (broad SMARTS) is 2. The zero-order valence-corrected chi connectivity index (χ0v) is 12.6. The van der Waals surface area contributed by atoms with Gasteiger partial charge in [0, 0.05) is 43.1 Å². The van der Waals surface area contributed by atoms with Gasteiger partial charge in [0.1, 0.15) is 0 Å². The lowest BCUT2D eigenvalue weighted by atomic mass is 10.1. The molecule has 1 aliphatic heterocycles. The van der Waals surface area contributed by atoms with Crippen molar-refractivity contribution in [1.82, 2.24) is 6.15 Å². The minimum atomic E-state index is -1.26. The number of nitro benzene ring substituents is 1. The van der Waals surface area contributed by atoms with Gasteiger partial charge in [-0.1, -0.05) is 6.07 Å². The first-order valence-corrected chi connectivity index (χ1v) is 6.51. The van der Waals surface area contributed by atoms with Gasteiger partial charge in [0.25, 0.3) is 5.69 Å². The van der Waals surface area contributed by atoms with Gasteiger partial charge in [0.15, 0.2) is 0 Å². The largest absolute Gasteiger partial charge is 0.478 e. The number of aliphatic carboxylic acids is 2. The molecule has 9 heteroatoms. The van der Waals surface area contributed by atoms with Crippen molar-refractivity contribution in [2.45, 2.75) is 13.3 Å². The zero-order valence-electron chi connectivity index (χ0n) is 12.6. The Morgan fingerprint density at radius 3 is 2.30 bits per heavy atom. The van der Waals surface area contributed by atoms with Gasteiger partial charge >= 0.3 is 11.9 Å². The summed E-state index contributed by atoms with van der Waals surface area (Å²) in [5.74, 6) is -2.51. The second kappa shape index (κ2) is 9.15. The summed E-state index contributed by atoms with van der Waals surface area (Å²) >= 11 is 0. The first kappa shape index (κ1) is 20.1. The first-order chi connectivity index (χ1) is 10.3. The summed E-state index contributed by atoms with van der Waals surface area (Å²) in [6, 6.07) is 5.12. The summed E-state index contributed by atoms with van der Waals surface area (Å²) in [7, 11) is 0. The quantitative estimate of drug-likeness (QED) is 0.430. The highest BCUT2D eigenvalue weighted by Gasteiger charge is 2.20. The van der Waals surface area contributed by atoms with E-state index in [-0.39, 0.29) is 16.8 Å². The molecule has 0 aliphatic carbocycles. The Bertz CT molecular complexity index is 599. The van der Waals surface area contributed by atoms with Crippen molar-refractivity contribution in [2.24, 2.45) is 0 Å². The fourth-order valence-electron chi connectivity index (χ4n) is 2.02. The van der Waals surface area contributed by atoms with E-state index in [9.17, 15) is 19.7 Å². The van der Waals surface area contributed by atoms with Crippen LogP contribution in [0.4, 0.5) is 11.4 Å². The number of benzene rings is 1. The number of carbonyl (C=O) groups is 2. The molecule has 1 aromatic rings. The molecule has 0 aromatic heterocycles. The summed E-state index contributed by atoms with van der Waals surface area (Å²) in [5, 5.41) is 26.2. The Morgan fingerprint density at radius 2 is 1.87 bits per heavy atom. The molecular formula is C14H19N3O6. The highest BCUT2D eigenvalue weighted by molar-refractivity contribution is 5.89. The van der Waals surface area contributed by atoms with E-state index in [1.54, 1.807) is 12.1 Å². The highest BCUT2D eigenvalue weighted by atomic mass is 16.6. The van der Waals surface area contributed by atoms with Crippen LogP contribution < -0.4 is 11.1 Å². The van der Waals surface area contributed by atoms with Crippen LogP contribution in [0.3, 0.4) is 0 Å². The minimum Gasteiger partial charge on any atom is -0.478 e. The lowest BCUT2D eigenvalue weighted by molar-refractivity contribution is -0.384. The molecule has 126 valence electrons. The molecule has 0 atom stereocenters. The van der Waals surface area contributed by atoms with E-state index in [2.05, 4.69) is 11.8 Å². The number of fused-ring (bicyclic) bond motifs is 1. The number of nitrogens with zero attached hydrogens (tertiary/aromatic N) is 2. The smallest absolute Gasteiger partial charge is 0.328 e. The molecule has 0 unspecified atom stereocenters. The number of hydrogen-bond acceptors (Lipinski definition) is 6. The van der Waals surface area contributed by atoms with Crippen LogP contribution in [0.25, 0.3) is 0 Å². The summed E-state index contributed by atoms with van der Waals surface area (Å²) in [4.78, 5) is 31.5. The average molecular weight is 325 g/mol. The second-order valence-corrected chi connectivity index (χ2v) is 4.41. The van der Waals surface area contributed by atoms with Crippen molar-refractivity contribution in [3.8, 4) is 0 Å². The number of likely N-dealkylation sites (N-methyl/N-ethyl adjacent to an activating group) is 1. The molecule has 2 rings (SSSR count). The Balaban J connectivity index is 0.000000469. The number of anilines is 1. The van der Waals surface area contributed by atoms with Gasteiger partial charge < -0.3 is 21.3 Å². The van der Waals surface area contributed by atoms with Crippen molar-refractivity contribution in [1.29, 1.82) is 0 Å². The van der Waals surface area contributed by atoms with Crippen molar-refractivity contribution >= 4 is 23.3 Å². The van der Waals surface area contributed by atoms with Gasteiger partial charge in [-0.2, -0.15) is 0 Å². The lowest BCUT2D eigenvalue weighted by Gasteiger charge is -2.15. The van der Waals surface area contributed by atoms with Crippen molar-refractivity contribution in [2.75, 3.05) is 18.0 Å². The normalized spacial score (nSPS) is 12.0. The van der Waals surface area contributed by atoms with Crippen molar-refractivity contribution in [3.63, 3.8) is 0 Å². The van der Waals surface area contributed by atoms with Gasteiger partial charge in [-0.3, -0.25) is 10.1 Å². The van der Waals surface area contributed by atoms with Crippen molar-refractivity contribution in [3.05, 3.63) is 46.0 Å². The third-order valence-electron chi connectivity index (χ3n) is 3.02. The van der Waals surface area contributed by atoms with Gasteiger partial charge in [-0.25, -0.2) is 9.59 Å².